The van der Waals surface area contributed by atoms with E-state index in [4.69, 9.17) is 0 Å². The first-order valence-electron chi connectivity index (χ1n) is 7.55. The van der Waals surface area contributed by atoms with Crippen molar-refractivity contribution in [1.29, 1.82) is 0 Å². The van der Waals surface area contributed by atoms with Gasteiger partial charge in [-0.2, -0.15) is 0 Å². The van der Waals surface area contributed by atoms with Gasteiger partial charge in [-0.1, -0.05) is 6.07 Å². The SMILES string of the molecule is O=C(NCCCn1ccnc1)Nc1cccc(-n2cccc2)c1. The summed E-state index contributed by atoms with van der Waals surface area (Å²) in [7, 11) is 0. The van der Waals surface area contributed by atoms with Crippen LogP contribution in [-0.4, -0.2) is 26.7 Å². The second-order valence-electron chi connectivity index (χ2n) is 5.18. The van der Waals surface area contributed by atoms with Crippen molar-refractivity contribution in [2.45, 2.75) is 13.0 Å². The number of anilines is 1. The van der Waals surface area contributed by atoms with Gasteiger partial charge in [-0.3, -0.25) is 0 Å². The summed E-state index contributed by atoms with van der Waals surface area (Å²) in [6.45, 7) is 1.45. The van der Waals surface area contributed by atoms with E-state index in [0.717, 1.165) is 24.3 Å². The van der Waals surface area contributed by atoms with E-state index >= 15 is 0 Å². The van der Waals surface area contributed by atoms with E-state index in [0.29, 0.717) is 6.54 Å². The fourth-order valence-corrected chi connectivity index (χ4v) is 2.31. The molecule has 0 aliphatic heterocycles. The molecule has 2 aromatic heterocycles. The Morgan fingerprint density at radius 1 is 1.13 bits per heavy atom. The zero-order valence-electron chi connectivity index (χ0n) is 12.7. The van der Waals surface area contributed by atoms with Gasteiger partial charge in [0.15, 0.2) is 0 Å². The van der Waals surface area contributed by atoms with E-state index < -0.39 is 0 Å². The second kappa shape index (κ2) is 7.31. The van der Waals surface area contributed by atoms with Gasteiger partial charge >= 0.3 is 6.03 Å². The van der Waals surface area contributed by atoms with Crippen LogP contribution in [0.3, 0.4) is 0 Å². The van der Waals surface area contributed by atoms with Crippen LogP contribution >= 0.6 is 0 Å². The molecule has 118 valence electrons. The summed E-state index contributed by atoms with van der Waals surface area (Å²) in [6, 6.07) is 11.5. The van der Waals surface area contributed by atoms with Gasteiger partial charge < -0.3 is 19.8 Å². The Balaban J connectivity index is 1.47. The smallest absolute Gasteiger partial charge is 0.319 e. The molecule has 6 nitrogen and oxygen atoms in total. The highest BCUT2D eigenvalue weighted by Gasteiger charge is 2.02. The van der Waals surface area contributed by atoms with Gasteiger partial charge in [-0.15, -0.1) is 0 Å². The Morgan fingerprint density at radius 2 is 2.00 bits per heavy atom. The van der Waals surface area contributed by atoms with Crippen LogP contribution in [0.25, 0.3) is 5.69 Å². The average Bonchev–Trinajstić information content (AvgIpc) is 3.25. The number of carbonyl (C=O) groups excluding carboxylic acids is 1. The van der Waals surface area contributed by atoms with Crippen molar-refractivity contribution in [2.75, 3.05) is 11.9 Å². The van der Waals surface area contributed by atoms with Gasteiger partial charge in [0.05, 0.1) is 6.33 Å². The lowest BCUT2D eigenvalue weighted by atomic mass is 10.3. The Kier molecular flexibility index (Phi) is 4.73. The van der Waals surface area contributed by atoms with Gasteiger partial charge in [-0.05, 0) is 36.8 Å². The highest BCUT2D eigenvalue weighted by molar-refractivity contribution is 5.89. The number of hydrogen-bond acceptors (Lipinski definition) is 2. The molecule has 0 radical (unpaired) electrons. The molecule has 6 heteroatoms. The maximum absolute atomic E-state index is 11.9. The fourth-order valence-electron chi connectivity index (χ4n) is 2.31. The molecule has 3 aromatic rings. The molecule has 2 N–H and O–H groups in total. The van der Waals surface area contributed by atoms with E-state index in [9.17, 15) is 4.79 Å². The number of rotatable bonds is 6. The topological polar surface area (TPSA) is 63.9 Å². The molecule has 0 atom stereocenters. The third-order valence-corrected chi connectivity index (χ3v) is 3.44. The number of carbonyl (C=O) groups is 1. The fraction of sp³-hybridized carbons (Fsp3) is 0.176. The molecule has 0 aliphatic carbocycles. The predicted octanol–water partition coefficient (Wildman–Crippen LogP) is 2.89. The largest absolute Gasteiger partial charge is 0.338 e. The van der Waals surface area contributed by atoms with Crippen molar-refractivity contribution in [3.63, 3.8) is 0 Å². The molecule has 3 rings (SSSR count). The number of nitrogens with zero attached hydrogens (tertiary/aromatic N) is 3. The van der Waals surface area contributed by atoms with Crippen molar-refractivity contribution in [3.8, 4) is 5.69 Å². The number of urea groups is 1. The van der Waals surface area contributed by atoms with Crippen LogP contribution in [0, 0.1) is 0 Å². The minimum Gasteiger partial charge on any atom is -0.338 e. The van der Waals surface area contributed by atoms with Gasteiger partial charge in [0.2, 0.25) is 0 Å². The number of benzene rings is 1. The molecule has 1 aromatic carbocycles. The molecule has 0 bridgehead atoms. The monoisotopic (exact) mass is 309 g/mol. The molecular formula is C17H19N5O. The molecule has 0 saturated heterocycles. The molecule has 2 heterocycles. The zero-order valence-corrected chi connectivity index (χ0v) is 12.7. The average molecular weight is 309 g/mol. The van der Waals surface area contributed by atoms with Gasteiger partial charge in [0.25, 0.3) is 0 Å². The molecule has 0 fully saturated rings. The number of aryl methyl sites for hydroxylation is 1. The van der Waals surface area contributed by atoms with Crippen molar-refractivity contribution >= 4 is 11.7 Å². The lowest BCUT2D eigenvalue weighted by molar-refractivity contribution is 0.252. The number of imidazole rings is 1. The minimum atomic E-state index is -0.194. The zero-order chi connectivity index (χ0) is 15.9. The van der Waals surface area contributed by atoms with Crippen LogP contribution in [-0.2, 0) is 6.54 Å². The van der Waals surface area contributed by atoms with Crippen molar-refractivity contribution in [3.05, 3.63) is 67.5 Å². The Morgan fingerprint density at radius 3 is 2.78 bits per heavy atom. The summed E-state index contributed by atoms with van der Waals surface area (Å²) in [5.41, 5.74) is 1.77. The summed E-state index contributed by atoms with van der Waals surface area (Å²) in [6.07, 6.45) is 10.2. The molecule has 0 aliphatic rings. The third-order valence-electron chi connectivity index (χ3n) is 3.44. The number of amides is 2. The number of hydrogen-bond donors (Lipinski definition) is 2. The third kappa shape index (κ3) is 4.23. The first-order valence-corrected chi connectivity index (χ1v) is 7.55. The lowest BCUT2D eigenvalue weighted by Crippen LogP contribution is -2.30. The van der Waals surface area contributed by atoms with Crippen LogP contribution in [0.2, 0.25) is 0 Å². The Hall–Kier alpha value is -3.02. The summed E-state index contributed by atoms with van der Waals surface area (Å²) in [5.74, 6) is 0. The van der Waals surface area contributed by atoms with E-state index in [1.165, 1.54) is 0 Å². The first-order chi connectivity index (χ1) is 11.3. The quantitative estimate of drug-likeness (QED) is 0.688. The highest BCUT2D eigenvalue weighted by atomic mass is 16.2. The maximum Gasteiger partial charge on any atom is 0.319 e. The van der Waals surface area contributed by atoms with Crippen LogP contribution in [0.15, 0.2) is 67.5 Å². The van der Waals surface area contributed by atoms with Crippen LogP contribution in [0.5, 0.6) is 0 Å². The standard InChI is InChI=1S/C17H19N5O/c23-17(19-7-4-9-21-12-8-18-14-21)20-15-5-3-6-16(13-15)22-10-1-2-11-22/h1-3,5-6,8,10-14H,4,7,9H2,(H2,19,20,23). The molecule has 0 unspecified atom stereocenters. The summed E-state index contributed by atoms with van der Waals surface area (Å²) >= 11 is 0. The number of nitrogens with one attached hydrogen (secondary N) is 2. The molecular weight excluding hydrogens is 290 g/mol. The van der Waals surface area contributed by atoms with Gasteiger partial charge in [0.1, 0.15) is 0 Å². The van der Waals surface area contributed by atoms with Crippen molar-refractivity contribution in [2.24, 2.45) is 0 Å². The first kappa shape index (κ1) is 14.9. The van der Waals surface area contributed by atoms with Gasteiger partial charge in [-0.25, -0.2) is 9.78 Å². The van der Waals surface area contributed by atoms with Crippen LogP contribution < -0.4 is 10.6 Å². The van der Waals surface area contributed by atoms with Crippen molar-refractivity contribution in [1.82, 2.24) is 19.4 Å². The second-order valence-corrected chi connectivity index (χ2v) is 5.18. The van der Waals surface area contributed by atoms with Crippen LogP contribution in [0.4, 0.5) is 10.5 Å². The van der Waals surface area contributed by atoms with E-state index in [-0.39, 0.29) is 6.03 Å². The molecule has 23 heavy (non-hydrogen) atoms. The maximum atomic E-state index is 11.9. The molecule has 0 spiro atoms. The van der Waals surface area contributed by atoms with Gasteiger partial charge in [0, 0.05) is 49.3 Å². The minimum absolute atomic E-state index is 0.194. The molecule has 2 amide bonds. The summed E-state index contributed by atoms with van der Waals surface area (Å²) in [4.78, 5) is 15.9. The predicted molar refractivity (Wildman–Crippen MR) is 89.6 cm³/mol. The normalized spacial score (nSPS) is 10.4. The Labute approximate surface area is 134 Å². The van der Waals surface area contributed by atoms with E-state index in [2.05, 4.69) is 15.6 Å². The Bertz CT molecular complexity index is 734. The lowest BCUT2D eigenvalue weighted by Gasteiger charge is -2.10. The van der Waals surface area contributed by atoms with E-state index in [1.807, 2.05) is 64.1 Å². The highest BCUT2D eigenvalue weighted by Crippen LogP contribution is 2.14. The number of aromatic nitrogens is 3. The molecule has 0 saturated carbocycles. The summed E-state index contributed by atoms with van der Waals surface area (Å²) < 4.78 is 3.98. The summed E-state index contributed by atoms with van der Waals surface area (Å²) in [5, 5.41) is 5.71. The van der Waals surface area contributed by atoms with Crippen LogP contribution in [0.1, 0.15) is 6.42 Å². The van der Waals surface area contributed by atoms with Crippen molar-refractivity contribution < 1.29 is 4.79 Å². The van der Waals surface area contributed by atoms with E-state index in [1.54, 1.807) is 12.5 Å².